The topological polar surface area (TPSA) is 133 Å². The minimum atomic E-state index is -0.474. The van der Waals surface area contributed by atoms with E-state index in [1.807, 2.05) is 0 Å². The van der Waals surface area contributed by atoms with Crippen LogP contribution in [0.2, 0.25) is 0 Å². The number of aromatic nitrogens is 1. The van der Waals surface area contributed by atoms with Crippen LogP contribution in [0.1, 0.15) is 47.4 Å². The van der Waals surface area contributed by atoms with Crippen molar-refractivity contribution in [3.63, 3.8) is 0 Å². The lowest BCUT2D eigenvalue weighted by Gasteiger charge is -2.44. The number of benzene rings is 1. The lowest BCUT2D eigenvalue weighted by Crippen LogP contribution is -2.58. The summed E-state index contributed by atoms with van der Waals surface area (Å²) in [5.41, 5.74) is 1.45. The molecule has 2 aliphatic heterocycles. The van der Waals surface area contributed by atoms with Gasteiger partial charge in [0.1, 0.15) is 5.69 Å². The number of anilines is 2. The van der Waals surface area contributed by atoms with Crippen LogP contribution in [-0.4, -0.2) is 108 Å². The normalized spacial score (nSPS) is 21.4. The fourth-order valence-corrected chi connectivity index (χ4v) is 6.19. The maximum absolute atomic E-state index is 13.9. The SMILES string of the molecule is CNc1cncc(C(=O)N2CCC[C@@H](Nc3c(C(=O)N4C[C@H](C)N(CCOC)[C@@H](C)C4)cc(Br)cc3[N+](=O)[O-])C2)c1. The van der Waals surface area contributed by atoms with Gasteiger partial charge in [-0.1, -0.05) is 15.9 Å². The Kier molecular flexibility index (Phi) is 10.2. The van der Waals surface area contributed by atoms with Crippen molar-refractivity contribution in [2.24, 2.45) is 0 Å². The number of ether oxygens (including phenoxy) is 1. The Morgan fingerprint density at radius 2 is 1.85 bits per heavy atom. The molecular weight excluding hydrogens is 594 g/mol. The van der Waals surface area contributed by atoms with Gasteiger partial charge in [0.15, 0.2) is 0 Å². The van der Waals surface area contributed by atoms with Gasteiger partial charge in [-0.05, 0) is 38.8 Å². The predicted molar refractivity (Wildman–Crippen MR) is 161 cm³/mol. The van der Waals surface area contributed by atoms with Crippen molar-refractivity contribution < 1.29 is 19.2 Å². The molecule has 2 amide bonds. The van der Waals surface area contributed by atoms with Crippen molar-refractivity contribution in [2.45, 2.75) is 44.8 Å². The van der Waals surface area contributed by atoms with E-state index in [4.69, 9.17) is 4.74 Å². The van der Waals surface area contributed by atoms with E-state index in [0.717, 1.165) is 12.2 Å². The Bertz CT molecular complexity index is 1270. The molecule has 3 heterocycles. The highest BCUT2D eigenvalue weighted by atomic mass is 79.9. The van der Waals surface area contributed by atoms with Crippen LogP contribution in [0, 0.1) is 10.1 Å². The zero-order valence-corrected chi connectivity index (χ0v) is 25.5. The summed E-state index contributed by atoms with van der Waals surface area (Å²) in [5, 5.41) is 18.5. The second-order valence-corrected chi connectivity index (χ2v) is 11.6. The molecule has 13 heteroatoms. The van der Waals surface area contributed by atoms with Crippen LogP contribution in [0.25, 0.3) is 0 Å². The van der Waals surface area contributed by atoms with Gasteiger partial charge in [0.05, 0.1) is 28.3 Å². The first-order chi connectivity index (χ1) is 19.6. The van der Waals surface area contributed by atoms with Gasteiger partial charge >= 0.3 is 0 Å². The summed E-state index contributed by atoms with van der Waals surface area (Å²) in [5.74, 6) is -0.419. The Labute approximate surface area is 248 Å². The van der Waals surface area contributed by atoms with E-state index in [1.165, 1.54) is 12.3 Å². The smallest absolute Gasteiger partial charge is 0.294 e. The molecule has 2 aliphatic rings. The van der Waals surface area contributed by atoms with Gasteiger partial charge in [-0.25, -0.2) is 0 Å². The maximum Gasteiger partial charge on any atom is 0.294 e. The van der Waals surface area contributed by atoms with E-state index in [-0.39, 0.29) is 46.9 Å². The van der Waals surface area contributed by atoms with Crippen molar-refractivity contribution >= 4 is 44.8 Å². The standard InChI is InChI=1S/C28H38BrN7O5/c1-18-15-34(16-19(2)35(18)8-9-41-4)28(38)24-11-21(29)12-25(36(39)40)26(24)32-22-6-5-7-33(17-22)27(37)20-10-23(30-3)14-31-13-20/h10-14,18-19,22,30,32H,5-9,15-17H2,1-4H3/t18-,19-,22+/m0/s1. The van der Waals surface area contributed by atoms with Gasteiger partial charge in [-0.3, -0.25) is 29.6 Å². The zero-order chi connectivity index (χ0) is 29.7. The number of pyridine rings is 1. The fourth-order valence-electron chi connectivity index (χ4n) is 5.75. The minimum absolute atomic E-state index is 0.102. The largest absolute Gasteiger partial charge is 0.387 e. The number of nitrogens with zero attached hydrogens (tertiary/aromatic N) is 5. The number of nitrogens with one attached hydrogen (secondary N) is 2. The predicted octanol–water partition coefficient (Wildman–Crippen LogP) is 3.69. The number of nitro groups is 1. The van der Waals surface area contributed by atoms with Gasteiger partial charge in [0.25, 0.3) is 17.5 Å². The van der Waals surface area contributed by atoms with Gasteiger partial charge in [0, 0.05) is 87.9 Å². The van der Waals surface area contributed by atoms with Crippen LogP contribution in [0.15, 0.2) is 35.1 Å². The highest BCUT2D eigenvalue weighted by Gasteiger charge is 2.35. The van der Waals surface area contributed by atoms with Crippen LogP contribution in [-0.2, 0) is 4.74 Å². The third-order valence-electron chi connectivity index (χ3n) is 7.78. The van der Waals surface area contributed by atoms with Gasteiger partial charge in [-0.15, -0.1) is 0 Å². The molecule has 2 aromatic rings. The highest BCUT2D eigenvalue weighted by Crippen LogP contribution is 2.35. The molecule has 222 valence electrons. The van der Waals surface area contributed by atoms with Crippen molar-refractivity contribution in [1.82, 2.24) is 19.7 Å². The minimum Gasteiger partial charge on any atom is -0.387 e. The number of halogens is 1. The van der Waals surface area contributed by atoms with Crippen LogP contribution in [0.3, 0.4) is 0 Å². The summed E-state index contributed by atoms with van der Waals surface area (Å²) < 4.78 is 5.70. The number of hydrogen-bond donors (Lipinski definition) is 2. The molecule has 3 atom stereocenters. The zero-order valence-electron chi connectivity index (χ0n) is 23.9. The van der Waals surface area contributed by atoms with E-state index in [9.17, 15) is 19.7 Å². The molecule has 1 aromatic heterocycles. The number of piperidine rings is 1. The summed E-state index contributed by atoms with van der Waals surface area (Å²) in [4.78, 5) is 48.8. The monoisotopic (exact) mass is 631 g/mol. The van der Waals surface area contributed by atoms with Gasteiger partial charge in [-0.2, -0.15) is 0 Å². The van der Waals surface area contributed by atoms with Gasteiger partial charge in [0.2, 0.25) is 0 Å². The average molecular weight is 633 g/mol. The van der Waals surface area contributed by atoms with E-state index in [2.05, 4.69) is 50.3 Å². The molecule has 0 spiro atoms. The Balaban J connectivity index is 1.57. The molecule has 0 radical (unpaired) electrons. The fraction of sp³-hybridized carbons (Fsp3) is 0.536. The quantitative estimate of drug-likeness (QED) is 0.314. The van der Waals surface area contributed by atoms with Gasteiger partial charge < -0.3 is 25.2 Å². The van der Waals surface area contributed by atoms with Crippen LogP contribution < -0.4 is 10.6 Å². The van der Waals surface area contributed by atoms with E-state index < -0.39 is 4.92 Å². The summed E-state index contributed by atoms with van der Waals surface area (Å²) in [6.45, 7) is 7.42. The highest BCUT2D eigenvalue weighted by molar-refractivity contribution is 9.10. The third kappa shape index (κ3) is 7.14. The molecule has 2 saturated heterocycles. The molecule has 4 rings (SSSR count). The molecule has 0 saturated carbocycles. The Morgan fingerprint density at radius 1 is 1.12 bits per heavy atom. The van der Waals surface area contributed by atoms with Crippen molar-refractivity contribution in [1.29, 1.82) is 0 Å². The molecule has 12 nitrogen and oxygen atoms in total. The molecule has 2 fully saturated rings. The number of methoxy groups -OCH3 is 1. The van der Waals surface area contributed by atoms with Crippen LogP contribution >= 0.6 is 15.9 Å². The van der Waals surface area contributed by atoms with Crippen molar-refractivity contribution in [3.8, 4) is 0 Å². The van der Waals surface area contributed by atoms with Crippen molar-refractivity contribution in [2.75, 3.05) is 64.1 Å². The number of piperazine rings is 1. The van der Waals surface area contributed by atoms with E-state index in [0.29, 0.717) is 55.7 Å². The van der Waals surface area contributed by atoms with E-state index in [1.54, 1.807) is 42.3 Å². The first-order valence-corrected chi connectivity index (χ1v) is 14.6. The number of carbonyl (C=O) groups is 2. The molecule has 0 aliphatic carbocycles. The molecule has 1 aromatic carbocycles. The number of rotatable bonds is 9. The van der Waals surface area contributed by atoms with Crippen LogP contribution in [0.4, 0.5) is 17.1 Å². The second-order valence-electron chi connectivity index (χ2n) is 10.7. The summed E-state index contributed by atoms with van der Waals surface area (Å²) in [6.07, 6.45) is 4.59. The molecular formula is C28H38BrN7O5. The molecule has 41 heavy (non-hydrogen) atoms. The first-order valence-electron chi connectivity index (χ1n) is 13.8. The average Bonchev–Trinajstić information content (AvgIpc) is 2.96. The second kappa shape index (κ2) is 13.6. The number of nitro benzene ring substituents is 1. The summed E-state index contributed by atoms with van der Waals surface area (Å²) in [6, 6.07) is 4.73. The van der Waals surface area contributed by atoms with Crippen molar-refractivity contribution in [3.05, 3.63) is 56.3 Å². The molecule has 0 unspecified atom stereocenters. The Morgan fingerprint density at radius 3 is 2.51 bits per heavy atom. The third-order valence-corrected chi connectivity index (χ3v) is 8.24. The summed E-state index contributed by atoms with van der Waals surface area (Å²) >= 11 is 3.37. The first kappa shape index (κ1) is 30.7. The summed E-state index contributed by atoms with van der Waals surface area (Å²) in [7, 11) is 3.43. The Hall–Kier alpha value is -3.29. The molecule has 0 bridgehead atoms. The van der Waals surface area contributed by atoms with Crippen LogP contribution in [0.5, 0.6) is 0 Å². The lowest BCUT2D eigenvalue weighted by molar-refractivity contribution is -0.384. The molecule has 2 N–H and O–H groups in total. The van der Waals surface area contributed by atoms with E-state index >= 15 is 0 Å². The number of hydrogen-bond acceptors (Lipinski definition) is 9. The number of carbonyl (C=O) groups excluding carboxylic acids is 2. The number of amides is 2. The number of likely N-dealkylation sites (tertiary alicyclic amines) is 1. The lowest BCUT2D eigenvalue weighted by atomic mass is 10.0. The maximum atomic E-state index is 13.9.